The average molecular weight is 452 g/mol. The van der Waals surface area contributed by atoms with E-state index in [-0.39, 0.29) is 22.6 Å². The lowest BCUT2D eigenvalue weighted by Gasteiger charge is -2.37. The van der Waals surface area contributed by atoms with Crippen molar-refractivity contribution >= 4 is 34.7 Å². The zero-order chi connectivity index (χ0) is 22.0. The summed E-state index contributed by atoms with van der Waals surface area (Å²) in [6, 6.07) is 5.16. The molecule has 1 aliphatic heterocycles. The van der Waals surface area contributed by atoms with E-state index in [1.165, 1.54) is 6.39 Å². The molecule has 2 aromatic rings. The topological polar surface area (TPSA) is 88.7 Å². The van der Waals surface area contributed by atoms with Crippen LogP contribution in [0.25, 0.3) is 5.57 Å². The van der Waals surface area contributed by atoms with Gasteiger partial charge in [0.1, 0.15) is 0 Å². The number of benzene rings is 1. The van der Waals surface area contributed by atoms with Gasteiger partial charge in [0.2, 0.25) is 12.3 Å². The fourth-order valence-corrected chi connectivity index (χ4v) is 4.14. The Kier molecular flexibility index (Phi) is 6.85. The molecule has 0 saturated heterocycles. The van der Waals surface area contributed by atoms with Crippen molar-refractivity contribution in [2.75, 3.05) is 13.2 Å². The summed E-state index contributed by atoms with van der Waals surface area (Å²) in [6.07, 6.45) is 1.28. The van der Waals surface area contributed by atoms with E-state index in [0.29, 0.717) is 35.0 Å². The van der Waals surface area contributed by atoms with Crippen LogP contribution in [0.15, 0.2) is 46.0 Å². The fourth-order valence-electron chi connectivity index (χ4n) is 3.72. The second-order valence-electron chi connectivity index (χ2n) is 7.19. The van der Waals surface area contributed by atoms with E-state index in [0.717, 1.165) is 5.70 Å². The predicted molar refractivity (Wildman–Crippen MR) is 114 cm³/mol. The molecule has 0 spiro atoms. The Labute approximate surface area is 184 Å². The van der Waals surface area contributed by atoms with E-state index in [1.807, 2.05) is 25.7 Å². The Morgan fingerprint density at radius 1 is 1.30 bits per heavy atom. The van der Waals surface area contributed by atoms with Gasteiger partial charge in [0.15, 0.2) is 0 Å². The molecule has 0 aliphatic carbocycles. The van der Waals surface area contributed by atoms with Gasteiger partial charge < -0.3 is 19.2 Å². The molecule has 7 nitrogen and oxygen atoms in total. The van der Waals surface area contributed by atoms with Crippen molar-refractivity contribution < 1.29 is 19.1 Å². The highest BCUT2D eigenvalue weighted by Crippen LogP contribution is 2.48. The van der Waals surface area contributed by atoms with Crippen molar-refractivity contribution in [3.8, 4) is 0 Å². The van der Waals surface area contributed by atoms with E-state index >= 15 is 0 Å². The number of allylic oxidation sites excluding steroid dienone is 3. The molecule has 30 heavy (non-hydrogen) atoms. The van der Waals surface area contributed by atoms with Crippen LogP contribution in [-0.4, -0.2) is 45.4 Å². The van der Waals surface area contributed by atoms with Gasteiger partial charge in [-0.3, -0.25) is 0 Å². The van der Waals surface area contributed by atoms with E-state index in [2.05, 4.69) is 10.2 Å². The number of carboxylic acid groups (broad SMARTS) is 1. The molecule has 2 heterocycles. The van der Waals surface area contributed by atoms with Gasteiger partial charge in [0, 0.05) is 23.5 Å². The maximum Gasteiger partial charge on any atom is 0.334 e. The summed E-state index contributed by atoms with van der Waals surface area (Å²) in [5.41, 5.74) is 2.69. The highest BCUT2D eigenvalue weighted by Gasteiger charge is 2.39. The van der Waals surface area contributed by atoms with Crippen LogP contribution >= 0.6 is 23.2 Å². The van der Waals surface area contributed by atoms with Gasteiger partial charge in [-0.2, -0.15) is 0 Å². The van der Waals surface area contributed by atoms with Crippen LogP contribution in [0.2, 0.25) is 10.0 Å². The Morgan fingerprint density at radius 3 is 2.63 bits per heavy atom. The monoisotopic (exact) mass is 451 g/mol. The van der Waals surface area contributed by atoms with Crippen LogP contribution in [0.4, 0.5) is 0 Å². The largest absolute Gasteiger partial charge is 0.478 e. The number of nitrogens with zero attached hydrogens (tertiary/aromatic N) is 3. The molecular formula is C21H23Cl2N3O4. The zero-order valence-corrected chi connectivity index (χ0v) is 18.7. The quantitative estimate of drug-likeness (QED) is 0.633. The summed E-state index contributed by atoms with van der Waals surface area (Å²) in [5.74, 6) is -1.56. The summed E-state index contributed by atoms with van der Waals surface area (Å²) >= 11 is 12.7. The van der Waals surface area contributed by atoms with Crippen LogP contribution in [0.5, 0.6) is 0 Å². The number of hydrogen-bond donors (Lipinski definition) is 1. The fraction of sp³-hybridized carbons (Fsp3) is 0.381. The lowest BCUT2D eigenvalue weighted by Crippen LogP contribution is -2.34. The normalized spacial score (nSPS) is 17.3. The van der Waals surface area contributed by atoms with Gasteiger partial charge in [-0.15, -0.1) is 10.2 Å². The molecule has 9 heteroatoms. The molecule has 0 amide bonds. The number of aromatic nitrogens is 2. The second kappa shape index (κ2) is 9.20. The van der Waals surface area contributed by atoms with E-state index in [4.69, 9.17) is 32.4 Å². The molecule has 0 bridgehead atoms. The number of halogens is 2. The van der Waals surface area contributed by atoms with Gasteiger partial charge in [-0.1, -0.05) is 35.3 Å². The number of hydrogen-bond acceptors (Lipinski definition) is 6. The van der Waals surface area contributed by atoms with Gasteiger partial charge in [-0.25, -0.2) is 4.79 Å². The number of carbonyl (C=O) groups is 1. The van der Waals surface area contributed by atoms with Gasteiger partial charge in [0.05, 0.1) is 34.2 Å². The second-order valence-corrected chi connectivity index (χ2v) is 7.98. The third-order valence-electron chi connectivity index (χ3n) is 5.05. The predicted octanol–water partition coefficient (Wildman–Crippen LogP) is 4.99. The Balaban J connectivity index is 2.21. The molecular weight excluding hydrogens is 429 g/mol. The van der Waals surface area contributed by atoms with Gasteiger partial charge in [0.25, 0.3) is 0 Å². The molecule has 1 aromatic carbocycles. The van der Waals surface area contributed by atoms with Crippen molar-refractivity contribution in [3.63, 3.8) is 0 Å². The lowest BCUT2D eigenvalue weighted by atomic mass is 9.79. The molecule has 0 radical (unpaired) electrons. The van der Waals surface area contributed by atoms with E-state index < -0.39 is 11.9 Å². The highest BCUT2D eigenvalue weighted by molar-refractivity contribution is 6.42. The maximum atomic E-state index is 12.4. The maximum absolute atomic E-state index is 12.4. The third-order valence-corrected chi connectivity index (χ3v) is 5.88. The number of ether oxygens (including phenoxy) is 1. The molecule has 160 valence electrons. The summed E-state index contributed by atoms with van der Waals surface area (Å²) < 4.78 is 11.2. The summed E-state index contributed by atoms with van der Waals surface area (Å²) in [4.78, 5) is 14.3. The van der Waals surface area contributed by atoms with Crippen molar-refractivity contribution in [3.05, 3.63) is 63.1 Å². The molecule has 1 atom stereocenters. The van der Waals surface area contributed by atoms with Crippen LogP contribution < -0.4 is 0 Å². The number of rotatable bonds is 7. The summed E-state index contributed by atoms with van der Waals surface area (Å²) in [7, 11) is 0. The first kappa shape index (κ1) is 22.3. The van der Waals surface area contributed by atoms with Crippen molar-refractivity contribution in [2.45, 2.75) is 39.7 Å². The molecule has 0 fully saturated rings. The summed E-state index contributed by atoms with van der Waals surface area (Å²) in [5, 5.41) is 18.6. The molecule has 1 unspecified atom stereocenters. The van der Waals surface area contributed by atoms with Crippen molar-refractivity contribution in [2.24, 2.45) is 0 Å². The summed E-state index contributed by atoms with van der Waals surface area (Å²) in [6.45, 7) is 8.47. The molecule has 0 saturated carbocycles. The lowest BCUT2D eigenvalue weighted by molar-refractivity contribution is -0.133. The number of carboxylic acids is 1. The first-order valence-corrected chi connectivity index (χ1v) is 10.2. The molecule has 3 rings (SSSR count). The minimum absolute atomic E-state index is 0.0655. The SMILES string of the molecule is CC1=C(C(=O)O)C(c2cccc(Cl)c2Cl)C(c2nnco2)=C(C)N1CCOC(C)C. The molecule has 1 aromatic heterocycles. The zero-order valence-electron chi connectivity index (χ0n) is 17.1. The highest BCUT2D eigenvalue weighted by atomic mass is 35.5. The first-order chi connectivity index (χ1) is 14.2. The third kappa shape index (κ3) is 4.24. The van der Waals surface area contributed by atoms with E-state index in [9.17, 15) is 9.90 Å². The van der Waals surface area contributed by atoms with Crippen LogP contribution in [0.1, 0.15) is 45.1 Å². The first-order valence-electron chi connectivity index (χ1n) is 9.48. The van der Waals surface area contributed by atoms with Crippen molar-refractivity contribution in [1.82, 2.24) is 15.1 Å². The van der Waals surface area contributed by atoms with Crippen LogP contribution in [0, 0.1) is 0 Å². The Bertz CT molecular complexity index is 1000. The molecule has 1 N–H and O–H groups in total. The Morgan fingerprint density at radius 2 is 2.03 bits per heavy atom. The average Bonchev–Trinajstić information content (AvgIpc) is 3.20. The minimum atomic E-state index is -1.06. The van der Waals surface area contributed by atoms with Crippen LogP contribution in [-0.2, 0) is 9.53 Å². The number of aliphatic carboxylic acids is 1. The minimum Gasteiger partial charge on any atom is -0.478 e. The Hall–Kier alpha value is -2.35. The van der Waals surface area contributed by atoms with Gasteiger partial charge in [-0.05, 0) is 39.3 Å². The van der Waals surface area contributed by atoms with Crippen LogP contribution in [0.3, 0.4) is 0 Å². The van der Waals surface area contributed by atoms with E-state index in [1.54, 1.807) is 25.1 Å². The van der Waals surface area contributed by atoms with Gasteiger partial charge >= 0.3 is 5.97 Å². The standard InChI is InChI=1S/C21H23Cl2N3O4/c1-11(2)29-9-8-26-12(3)16(20-25-24-10-30-20)18(17(13(26)4)21(27)28)14-6-5-7-15(22)19(14)23/h5-7,10-11,18H,8-9H2,1-4H3,(H,27,28). The molecule has 1 aliphatic rings. The van der Waals surface area contributed by atoms with Crippen molar-refractivity contribution in [1.29, 1.82) is 0 Å². The smallest absolute Gasteiger partial charge is 0.334 e.